The van der Waals surface area contributed by atoms with Crippen LogP contribution in [0.2, 0.25) is 0 Å². The first-order chi connectivity index (χ1) is 20.0. The number of rotatable bonds is 4. The summed E-state index contributed by atoms with van der Waals surface area (Å²) in [5, 5.41) is 5.49. The molecule has 1 aliphatic rings. The van der Waals surface area contributed by atoms with E-state index >= 15 is 0 Å². The standard InChI is InChI=1S/C21H25.C15H14.C5H5.2ClH.Hf/c1-20(2,3)16-9-7-14-11-15-8-10-17(21(4,5)6)13-19(15)18(14)12-16;1-3-8-14(9-4-1)12-7-13-15-10-5-2-6-11-15;1-2-4-5-3-1;;;/h7-13H,1-6H3;1-6,8-11H,12-13H2;1-3H,4H2;2*1H;/q-1;;-1;;;+2/p-2. The van der Waals surface area contributed by atoms with Crippen molar-refractivity contribution >= 4 is 24.8 Å². The fourth-order valence-corrected chi connectivity index (χ4v) is 6.49. The van der Waals surface area contributed by atoms with E-state index in [1.807, 2.05) is 12.2 Å². The topological polar surface area (TPSA) is 0 Å². The van der Waals surface area contributed by atoms with Gasteiger partial charge in [0, 0.05) is 0 Å². The van der Waals surface area contributed by atoms with Gasteiger partial charge in [0.05, 0.1) is 0 Å². The van der Waals surface area contributed by atoms with E-state index in [0.29, 0.717) is 0 Å². The van der Waals surface area contributed by atoms with E-state index in [1.165, 1.54) is 67.7 Å². The van der Waals surface area contributed by atoms with Crippen LogP contribution >= 0.6 is 0 Å². The van der Waals surface area contributed by atoms with Crippen molar-refractivity contribution in [2.24, 2.45) is 0 Å². The molecule has 0 bridgehead atoms. The zero-order chi connectivity index (χ0) is 30.2. The van der Waals surface area contributed by atoms with E-state index in [4.69, 9.17) is 0 Å². The van der Waals surface area contributed by atoms with Crippen molar-refractivity contribution in [1.82, 2.24) is 0 Å². The summed E-state index contributed by atoms with van der Waals surface area (Å²) < 4.78 is 1.65. The molecule has 228 valence electrons. The SMILES string of the molecule is CC(C)(C)c1ccc2[cH-]c3ccc(C(C)(C)C)cc3c2c1.[C-]1=CC=CC1.[Cl-].[Cl-].[Hf+2]=[C](Cc1ccccc1)Cc1ccccc1. The molecular formula is C41H44Cl2Hf-2. The molecule has 0 atom stereocenters. The molecule has 0 heterocycles. The van der Waals surface area contributed by atoms with Gasteiger partial charge in [-0.1, -0.05) is 76.9 Å². The quantitative estimate of drug-likeness (QED) is 0.182. The number of hydrogen-bond donors (Lipinski definition) is 0. The summed E-state index contributed by atoms with van der Waals surface area (Å²) in [4.78, 5) is 0. The predicted molar refractivity (Wildman–Crippen MR) is 181 cm³/mol. The summed E-state index contributed by atoms with van der Waals surface area (Å²) in [5.74, 6) is 0. The van der Waals surface area contributed by atoms with Crippen LogP contribution in [0.1, 0.15) is 70.2 Å². The third-order valence-corrected chi connectivity index (χ3v) is 8.82. The van der Waals surface area contributed by atoms with Crippen molar-refractivity contribution in [2.75, 3.05) is 0 Å². The normalized spacial score (nSPS) is 12.0. The van der Waals surface area contributed by atoms with Gasteiger partial charge >= 0.3 is 112 Å². The summed E-state index contributed by atoms with van der Waals surface area (Å²) in [6.45, 7) is 13.7. The fourth-order valence-electron chi connectivity index (χ4n) is 5.02. The van der Waals surface area contributed by atoms with Gasteiger partial charge in [0.2, 0.25) is 0 Å². The van der Waals surface area contributed by atoms with Gasteiger partial charge in [-0.2, -0.15) is 6.08 Å². The van der Waals surface area contributed by atoms with Crippen LogP contribution in [0.25, 0.3) is 21.5 Å². The molecule has 0 saturated carbocycles. The Labute approximate surface area is 292 Å². The summed E-state index contributed by atoms with van der Waals surface area (Å²) in [7, 11) is 0. The van der Waals surface area contributed by atoms with Gasteiger partial charge in [0.15, 0.2) is 0 Å². The van der Waals surface area contributed by atoms with Crippen LogP contribution in [0.3, 0.4) is 0 Å². The Morgan fingerprint density at radius 1 is 0.659 bits per heavy atom. The fraction of sp³-hybridized carbons (Fsp3) is 0.268. The van der Waals surface area contributed by atoms with Crippen molar-refractivity contribution in [3.8, 4) is 0 Å². The molecule has 1 aliphatic carbocycles. The predicted octanol–water partition coefficient (Wildman–Crippen LogP) is 4.81. The molecule has 0 fully saturated rings. The molecule has 5 aromatic rings. The van der Waals surface area contributed by atoms with Crippen LogP contribution in [0.4, 0.5) is 0 Å². The molecule has 0 radical (unpaired) electrons. The molecule has 0 nitrogen and oxygen atoms in total. The van der Waals surface area contributed by atoms with Crippen molar-refractivity contribution in [3.63, 3.8) is 0 Å². The summed E-state index contributed by atoms with van der Waals surface area (Å²) in [6, 6.07) is 37.6. The first kappa shape index (κ1) is 37.7. The van der Waals surface area contributed by atoms with E-state index in [-0.39, 0.29) is 35.6 Å². The number of halogens is 2. The monoisotopic (exact) mass is 786 g/mol. The van der Waals surface area contributed by atoms with Crippen molar-refractivity contribution in [2.45, 2.75) is 71.6 Å². The number of allylic oxidation sites excluding steroid dienone is 4. The summed E-state index contributed by atoms with van der Waals surface area (Å²) >= 11 is 1.18. The Morgan fingerprint density at radius 2 is 1.09 bits per heavy atom. The number of fused-ring (bicyclic) bond motifs is 3. The maximum atomic E-state index is 2.99. The van der Waals surface area contributed by atoms with Crippen LogP contribution in [-0.4, -0.2) is 3.26 Å². The molecule has 6 rings (SSSR count). The minimum absolute atomic E-state index is 0. The molecular weight excluding hydrogens is 742 g/mol. The molecule has 0 unspecified atom stereocenters. The maximum absolute atomic E-state index is 2.99. The zero-order valence-corrected chi connectivity index (χ0v) is 32.0. The first-order valence-corrected chi connectivity index (χ1v) is 16.8. The van der Waals surface area contributed by atoms with Crippen molar-refractivity contribution in [3.05, 3.63) is 150 Å². The van der Waals surface area contributed by atoms with Crippen LogP contribution in [-0.2, 0) is 47.6 Å². The van der Waals surface area contributed by atoms with Gasteiger partial charge in [0.1, 0.15) is 0 Å². The second-order valence-corrected chi connectivity index (χ2v) is 15.7. The van der Waals surface area contributed by atoms with Crippen LogP contribution < -0.4 is 24.8 Å². The van der Waals surface area contributed by atoms with Crippen LogP contribution in [0.5, 0.6) is 0 Å². The van der Waals surface area contributed by atoms with Crippen LogP contribution in [0.15, 0.2) is 121 Å². The Hall–Kier alpha value is -2.45. The summed E-state index contributed by atoms with van der Waals surface area (Å²) in [6.07, 6.45) is 12.3. The molecule has 0 N–H and O–H groups in total. The Morgan fingerprint density at radius 3 is 1.41 bits per heavy atom. The minimum atomic E-state index is 0. The average Bonchev–Trinajstić information content (AvgIpc) is 3.65. The van der Waals surface area contributed by atoms with E-state index in [0.717, 1.165) is 19.3 Å². The average molecular weight is 786 g/mol. The first-order valence-electron chi connectivity index (χ1n) is 15.0. The van der Waals surface area contributed by atoms with Gasteiger partial charge in [-0.05, 0) is 10.8 Å². The molecule has 44 heavy (non-hydrogen) atoms. The molecule has 0 spiro atoms. The second kappa shape index (κ2) is 17.3. The molecule has 0 saturated heterocycles. The van der Waals surface area contributed by atoms with Gasteiger partial charge in [-0.15, -0.1) is 46.2 Å². The Balaban J connectivity index is 0.000000260. The Kier molecular flexibility index (Phi) is 14.8. The number of benzene rings is 4. The van der Waals surface area contributed by atoms with Crippen molar-refractivity contribution < 1.29 is 48.7 Å². The molecule has 0 amide bonds. The second-order valence-electron chi connectivity index (χ2n) is 13.2. The Bertz CT molecular complexity index is 1540. The van der Waals surface area contributed by atoms with Gasteiger partial charge in [-0.3, -0.25) is 6.08 Å². The third kappa shape index (κ3) is 11.2. The molecule has 3 heteroatoms. The van der Waals surface area contributed by atoms with Crippen LogP contribution in [0, 0.1) is 6.08 Å². The third-order valence-electron chi connectivity index (χ3n) is 7.55. The van der Waals surface area contributed by atoms with E-state index in [1.54, 1.807) is 3.26 Å². The van der Waals surface area contributed by atoms with Gasteiger partial charge in [-0.25, -0.2) is 12.2 Å². The van der Waals surface area contributed by atoms with E-state index < -0.39 is 0 Å². The van der Waals surface area contributed by atoms with Gasteiger partial charge < -0.3 is 24.8 Å². The van der Waals surface area contributed by atoms with Gasteiger partial charge in [0.25, 0.3) is 0 Å². The summed E-state index contributed by atoms with van der Waals surface area (Å²) in [5.41, 5.74) is 6.07. The van der Waals surface area contributed by atoms with E-state index in [9.17, 15) is 0 Å². The molecule has 0 aromatic heterocycles. The number of hydrogen-bond acceptors (Lipinski definition) is 0. The molecule has 5 aromatic carbocycles. The zero-order valence-electron chi connectivity index (χ0n) is 26.9. The van der Waals surface area contributed by atoms with Crippen molar-refractivity contribution in [1.29, 1.82) is 0 Å². The van der Waals surface area contributed by atoms with E-state index in [2.05, 4.69) is 157 Å². The molecule has 0 aliphatic heterocycles.